The van der Waals surface area contributed by atoms with Crippen LogP contribution in [0, 0.1) is 0 Å². The Morgan fingerprint density at radius 2 is 1.81 bits per heavy atom. The van der Waals surface area contributed by atoms with Crippen LogP contribution in [0.2, 0.25) is 0 Å². The van der Waals surface area contributed by atoms with Crippen LogP contribution in [0.25, 0.3) is 33.3 Å². The van der Waals surface area contributed by atoms with Gasteiger partial charge in [0.1, 0.15) is 16.3 Å². The summed E-state index contributed by atoms with van der Waals surface area (Å²) in [7, 11) is 0. The molecular weight excluding hydrogens is 472 g/mol. The van der Waals surface area contributed by atoms with Crippen molar-refractivity contribution in [1.82, 2.24) is 24.9 Å². The fourth-order valence-corrected chi connectivity index (χ4v) is 5.11. The van der Waals surface area contributed by atoms with E-state index in [-0.39, 0.29) is 5.56 Å². The van der Waals surface area contributed by atoms with Gasteiger partial charge in [-0.05, 0) is 55.5 Å². The number of thiol groups is 1. The van der Waals surface area contributed by atoms with E-state index in [2.05, 4.69) is 37.4 Å². The lowest BCUT2D eigenvalue weighted by molar-refractivity contribution is 0.0853. The summed E-state index contributed by atoms with van der Waals surface area (Å²) in [6, 6.07) is 15.7. The molecule has 36 heavy (non-hydrogen) atoms. The number of nitrogens with zero attached hydrogens (tertiary/aromatic N) is 3. The van der Waals surface area contributed by atoms with Crippen molar-refractivity contribution < 1.29 is 4.74 Å². The van der Waals surface area contributed by atoms with Crippen molar-refractivity contribution in [2.45, 2.75) is 30.6 Å². The molecule has 8 nitrogen and oxygen atoms in total. The molecule has 1 atom stereocenters. The molecule has 1 saturated heterocycles. The Labute approximate surface area is 213 Å². The summed E-state index contributed by atoms with van der Waals surface area (Å²) in [5, 5.41) is 4.28. The number of imidazole rings is 1. The van der Waals surface area contributed by atoms with Crippen molar-refractivity contribution in [2.75, 3.05) is 18.5 Å². The normalized spacial score (nSPS) is 16.3. The number of hydrogen-bond donors (Lipinski definition) is 4. The zero-order valence-electron chi connectivity index (χ0n) is 19.8. The molecule has 3 aromatic heterocycles. The zero-order chi connectivity index (χ0) is 24.7. The maximum Gasteiger partial charge on any atom is 0.261 e. The van der Waals surface area contributed by atoms with E-state index in [1.165, 1.54) is 5.56 Å². The van der Waals surface area contributed by atoms with Crippen LogP contribution in [-0.4, -0.2) is 38.1 Å². The van der Waals surface area contributed by atoms with E-state index in [4.69, 9.17) is 22.3 Å². The quantitative estimate of drug-likeness (QED) is 0.201. The van der Waals surface area contributed by atoms with Gasteiger partial charge in [-0.3, -0.25) is 4.79 Å². The number of aromatic amines is 2. The molecule has 3 N–H and O–H groups in total. The third kappa shape index (κ3) is 4.14. The Hall–Kier alpha value is -3.69. The Bertz CT molecular complexity index is 1610. The first-order chi connectivity index (χ1) is 17.5. The number of para-hydroxylation sites is 1. The first kappa shape index (κ1) is 22.8. The molecule has 5 aromatic rings. The van der Waals surface area contributed by atoms with E-state index in [0.29, 0.717) is 34.3 Å². The summed E-state index contributed by atoms with van der Waals surface area (Å²) in [6.45, 7) is 3.43. The summed E-state index contributed by atoms with van der Waals surface area (Å²) >= 11 is 4.84. The highest BCUT2D eigenvalue weighted by Crippen LogP contribution is 2.37. The second-order valence-electron chi connectivity index (χ2n) is 9.27. The largest absolute Gasteiger partial charge is 0.381 e. The summed E-state index contributed by atoms with van der Waals surface area (Å²) in [6.07, 6.45) is 5.36. The third-order valence-electron chi connectivity index (χ3n) is 6.73. The first-order valence-electron chi connectivity index (χ1n) is 12.0. The Kier molecular flexibility index (Phi) is 5.73. The number of anilines is 1. The van der Waals surface area contributed by atoms with Crippen molar-refractivity contribution in [1.29, 1.82) is 0 Å². The van der Waals surface area contributed by atoms with E-state index >= 15 is 0 Å². The van der Waals surface area contributed by atoms with E-state index in [1.54, 1.807) is 18.5 Å². The number of pyridine rings is 1. The summed E-state index contributed by atoms with van der Waals surface area (Å²) in [5.41, 5.74) is 4.45. The second kappa shape index (κ2) is 9.07. The molecule has 0 radical (unpaired) electrons. The Morgan fingerprint density at radius 3 is 2.61 bits per heavy atom. The second-order valence-corrected chi connectivity index (χ2v) is 10.2. The van der Waals surface area contributed by atoms with Gasteiger partial charge < -0.3 is 20.0 Å². The minimum Gasteiger partial charge on any atom is -0.381 e. The average Bonchev–Trinajstić information content (AvgIpc) is 3.32. The zero-order valence-corrected chi connectivity index (χ0v) is 20.7. The number of H-pyrrole nitrogens is 2. The van der Waals surface area contributed by atoms with Crippen molar-refractivity contribution in [3.8, 4) is 11.4 Å². The molecule has 0 amide bonds. The SMILES string of the molecule is C[C@@](S)(Nc1c(-c2nc3ccc(C4CCOCC4)cc3[nH]2)c(=O)[nH]c2ccccc12)c1ncccn1. The van der Waals surface area contributed by atoms with Gasteiger partial charge in [0.25, 0.3) is 5.56 Å². The topological polar surface area (TPSA) is 109 Å². The van der Waals surface area contributed by atoms with E-state index < -0.39 is 4.87 Å². The molecule has 0 saturated carbocycles. The predicted molar refractivity (Wildman–Crippen MR) is 144 cm³/mol. The van der Waals surface area contributed by atoms with Gasteiger partial charge in [-0.25, -0.2) is 15.0 Å². The van der Waals surface area contributed by atoms with E-state index in [9.17, 15) is 4.79 Å². The fourth-order valence-electron chi connectivity index (χ4n) is 4.88. The van der Waals surface area contributed by atoms with Crippen molar-refractivity contribution >= 4 is 40.3 Å². The van der Waals surface area contributed by atoms with Crippen LogP contribution >= 0.6 is 12.6 Å². The van der Waals surface area contributed by atoms with Crippen LogP contribution in [0.5, 0.6) is 0 Å². The highest BCUT2D eigenvalue weighted by Gasteiger charge is 2.29. The van der Waals surface area contributed by atoms with Gasteiger partial charge in [0.15, 0.2) is 5.82 Å². The van der Waals surface area contributed by atoms with Crippen LogP contribution in [-0.2, 0) is 9.61 Å². The number of ether oxygens (including phenoxy) is 1. The molecule has 0 aliphatic carbocycles. The maximum absolute atomic E-state index is 13.4. The highest BCUT2D eigenvalue weighted by atomic mass is 32.1. The number of rotatable bonds is 5. The van der Waals surface area contributed by atoms with Crippen LogP contribution in [0.4, 0.5) is 5.69 Å². The summed E-state index contributed by atoms with van der Waals surface area (Å²) < 4.78 is 5.52. The average molecular weight is 499 g/mol. The number of fused-ring (bicyclic) bond motifs is 2. The lowest BCUT2D eigenvalue weighted by atomic mass is 9.91. The number of hydrogen-bond acceptors (Lipinski definition) is 7. The first-order valence-corrected chi connectivity index (χ1v) is 12.5. The maximum atomic E-state index is 13.4. The smallest absolute Gasteiger partial charge is 0.261 e. The standard InChI is InChI=1S/C27H26N6O2S/c1-27(36,26-28-11-4-12-29-26)33-23-18-5-2-3-6-19(18)32-25(34)22(23)24-30-20-8-7-17(15-21(20)31-24)16-9-13-35-14-10-16/h2-8,11-12,15-16,36H,9-10,13-14H2,1H3,(H,30,31)(H2,32,33,34)/t27-/m0/s1. The lowest BCUT2D eigenvalue weighted by Gasteiger charge is -2.26. The monoisotopic (exact) mass is 498 g/mol. The van der Waals surface area contributed by atoms with E-state index in [1.807, 2.05) is 37.3 Å². The van der Waals surface area contributed by atoms with Gasteiger partial charge >= 0.3 is 0 Å². The minimum atomic E-state index is -0.950. The van der Waals surface area contributed by atoms with Crippen molar-refractivity contribution in [3.05, 3.63) is 82.7 Å². The van der Waals surface area contributed by atoms with Gasteiger partial charge in [0.05, 0.1) is 22.2 Å². The van der Waals surface area contributed by atoms with E-state index in [0.717, 1.165) is 42.5 Å². The number of nitrogens with one attached hydrogen (secondary N) is 3. The minimum absolute atomic E-state index is 0.252. The predicted octanol–water partition coefficient (Wildman–Crippen LogP) is 4.97. The fraction of sp³-hybridized carbons (Fsp3) is 0.259. The highest BCUT2D eigenvalue weighted by molar-refractivity contribution is 7.81. The molecule has 182 valence electrons. The van der Waals surface area contributed by atoms with Crippen LogP contribution in [0.15, 0.2) is 65.7 Å². The third-order valence-corrected chi connectivity index (χ3v) is 7.04. The molecule has 9 heteroatoms. The number of aromatic nitrogens is 5. The van der Waals surface area contributed by atoms with Crippen LogP contribution in [0.3, 0.4) is 0 Å². The molecule has 2 aromatic carbocycles. The van der Waals surface area contributed by atoms with Crippen molar-refractivity contribution in [3.63, 3.8) is 0 Å². The molecule has 0 bridgehead atoms. The number of benzene rings is 2. The lowest BCUT2D eigenvalue weighted by Crippen LogP contribution is -2.29. The Balaban J connectivity index is 1.50. The molecule has 0 unspecified atom stereocenters. The van der Waals surface area contributed by atoms with Gasteiger partial charge in [0, 0.05) is 31.0 Å². The molecule has 1 fully saturated rings. The molecular formula is C27H26N6O2S. The molecule has 1 aliphatic heterocycles. The Morgan fingerprint density at radius 1 is 1.03 bits per heavy atom. The van der Waals surface area contributed by atoms with Gasteiger partial charge in [0.2, 0.25) is 0 Å². The molecule has 0 spiro atoms. The van der Waals surface area contributed by atoms with Crippen LogP contribution in [0.1, 0.15) is 37.1 Å². The van der Waals surface area contributed by atoms with Crippen LogP contribution < -0.4 is 10.9 Å². The van der Waals surface area contributed by atoms with Gasteiger partial charge in [-0.15, -0.1) is 12.6 Å². The van der Waals surface area contributed by atoms with Gasteiger partial charge in [-0.2, -0.15) is 0 Å². The molecule has 1 aliphatic rings. The molecule has 6 rings (SSSR count). The summed E-state index contributed by atoms with van der Waals surface area (Å²) in [4.78, 5) is 32.4. The molecule has 4 heterocycles. The van der Waals surface area contributed by atoms with Gasteiger partial charge in [-0.1, -0.05) is 24.3 Å². The van der Waals surface area contributed by atoms with Crippen molar-refractivity contribution in [2.24, 2.45) is 0 Å². The summed E-state index contributed by atoms with van der Waals surface area (Å²) in [5.74, 6) is 1.45.